The molecule has 5 nitrogen and oxygen atoms in total. The van der Waals surface area contributed by atoms with Crippen molar-refractivity contribution in [1.82, 2.24) is 0 Å². The normalized spacial score (nSPS) is 13.2. The monoisotopic (exact) mass is 223 g/mol. The fourth-order valence-electron chi connectivity index (χ4n) is 1.06. The summed E-state index contributed by atoms with van der Waals surface area (Å²) >= 11 is 0. The molecule has 0 aliphatic carbocycles. The number of hydrogen-bond acceptors (Lipinski definition) is 5. The molecule has 0 fully saturated rings. The van der Waals surface area contributed by atoms with Crippen LogP contribution in [0.25, 0.3) is 0 Å². The molecule has 0 unspecified atom stereocenters. The van der Waals surface area contributed by atoms with Crippen molar-refractivity contribution >= 4 is 13.0 Å². The minimum absolute atomic E-state index is 0.0935. The van der Waals surface area contributed by atoms with Crippen molar-refractivity contribution in [3.8, 4) is 0 Å². The van der Waals surface area contributed by atoms with E-state index < -0.39 is 7.60 Å². The third-order valence-electron chi connectivity index (χ3n) is 1.92. The largest absolute Gasteiger partial charge is 0.410 e. The molecule has 0 aromatic rings. The SMILES string of the molecule is CCCCC/C(=N\O)P(=O)(OC)OC. The second-order valence-electron chi connectivity index (χ2n) is 2.84. The summed E-state index contributed by atoms with van der Waals surface area (Å²) in [7, 11) is -0.785. The average Bonchev–Trinajstić information content (AvgIpc) is 2.23. The summed E-state index contributed by atoms with van der Waals surface area (Å²) in [4.78, 5) is 0. The van der Waals surface area contributed by atoms with Crippen LogP contribution in [0.2, 0.25) is 0 Å². The first-order valence-corrected chi connectivity index (χ1v) is 6.11. The third kappa shape index (κ3) is 3.78. The lowest BCUT2D eigenvalue weighted by molar-refractivity contribution is 0.282. The molecule has 0 spiro atoms. The Labute approximate surface area is 84.6 Å². The first kappa shape index (κ1) is 13.6. The number of nitrogens with zero attached hydrogens (tertiary/aromatic N) is 1. The second-order valence-corrected chi connectivity index (χ2v) is 5.08. The molecule has 0 heterocycles. The maximum atomic E-state index is 11.7. The molecule has 6 heteroatoms. The molecule has 0 atom stereocenters. The fourth-order valence-corrected chi connectivity index (χ4v) is 2.17. The molecule has 0 bridgehead atoms. The van der Waals surface area contributed by atoms with Crippen molar-refractivity contribution in [2.45, 2.75) is 32.6 Å². The highest BCUT2D eigenvalue weighted by Gasteiger charge is 2.29. The van der Waals surface area contributed by atoms with Gasteiger partial charge in [0.2, 0.25) is 0 Å². The Hall–Kier alpha value is -0.380. The van der Waals surface area contributed by atoms with Gasteiger partial charge in [-0.05, 0) is 6.42 Å². The molecule has 84 valence electrons. The van der Waals surface area contributed by atoms with Gasteiger partial charge < -0.3 is 14.3 Å². The maximum Gasteiger partial charge on any atom is 0.378 e. The van der Waals surface area contributed by atoms with Gasteiger partial charge in [0.25, 0.3) is 0 Å². The summed E-state index contributed by atoms with van der Waals surface area (Å²) in [6.07, 6.45) is 3.28. The number of rotatable bonds is 7. The van der Waals surface area contributed by atoms with Gasteiger partial charge in [-0.15, -0.1) is 0 Å². The highest BCUT2D eigenvalue weighted by Crippen LogP contribution is 2.49. The molecular weight excluding hydrogens is 205 g/mol. The quantitative estimate of drug-likeness (QED) is 0.237. The lowest BCUT2D eigenvalue weighted by Crippen LogP contribution is -2.04. The minimum atomic E-state index is -3.33. The Kier molecular flexibility index (Phi) is 6.79. The van der Waals surface area contributed by atoms with Crippen LogP contribution in [0.3, 0.4) is 0 Å². The highest BCUT2D eigenvalue weighted by atomic mass is 31.2. The first-order valence-electron chi connectivity index (χ1n) is 4.57. The zero-order valence-electron chi connectivity index (χ0n) is 8.89. The smallest absolute Gasteiger partial charge is 0.378 e. The molecule has 0 radical (unpaired) electrons. The molecule has 0 saturated heterocycles. The van der Waals surface area contributed by atoms with Crippen molar-refractivity contribution in [2.75, 3.05) is 14.2 Å². The van der Waals surface area contributed by atoms with Gasteiger partial charge in [0.05, 0.1) is 0 Å². The standard InChI is InChI=1S/C8H18NO4P/c1-4-5-6-7-8(9-10)14(11,12-2)13-3/h10H,4-7H2,1-3H3/b9-8+. The van der Waals surface area contributed by atoms with Crippen molar-refractivity contribution < 1.29 is 18.8 Å². The molecule has 0 aliphatic rings. The van der Waals surface area contributed by atoms with E-state index in [1.165, 1.54) is 14.2 Å². The van der Waals surface area contributed by atoms with Gasteiger partial charge in [-0.2, -0.15) is 0 Å². The molecule has 0 aromatic heterocycles. The molecule has 1 N–H and O–H groups in total. The molecule has 0 aromatic carbocycles. The first-order chi connectivity index (χ1) is 6.64. The molecule has 14 heavy (non-hydrogen) atoms. The predicted molar refractivity (Wildman–Crippen MR) is 55.0 cm³/mol. The van der Waals surface area contributed by atoms with Gasteiger partial charge in [0.1, 0.15) is 0 Å². The summed E-state index contributed by atoms with van der Waals surface area (Å²) in [5.41, 5.74) is 0.0935. The topological polar surface area (TPSA) is 68.1 Å². The maximum absolute atomic E-state index is 11.7. The predicted octanol–water partition coefficient (Wildman–Crippen LogP) is 2.84. The van der Waals surface area contributed by atoms with E-state index in [2.05, 4.69) is 12.1 Å². The fraction of sp³-hybridized carbons (Fsp3) is 0.875. The van der Waals surface area contributed by atoms with Crippen molar-refractivity contribution in [3.05, 3.63) is 0 Å². The molecular formula is C8H18NO4P. The van der Waals surface area contributed by atoms with Crippen molar-refractivity contribution in [3.63, 3.8) is 0 Å². The van der Waals surface area contributed by atoms with Crippen LogP contribution in [0, 0.1) is 0 Å². The molecule has 0 amide bonds. The van der Waals surface area contributed by atoms with E-state index >= 15 is 0 Å². The molecule has 0 rings (SSSR count). The van der Waals surface area contributed by atoms with E-state index in [1.54, 1.807) is 0 Å². The van der Waals surface area contributed by atoms with E-state index in [1.807, 2.05) is 0 Å². The second kappa shape index (κ2) is 6.98. The van der Waals surface area contributed by atoms with Crippen LogP contribution < -0.4 is 0 Å². The number of oxime groups is 1. The van der Waals surface area contributed by atoms with Gasteiger partial charge in [0.15, 0.2) is 5.45 Å². The van der Waals surface area contributed by atoms with Gasteiger partial charge >= 0.3 is 7.60 Å². The van der Waals surface area contributed by atoms with E-state index in [4.69, 9.17) is 14.3 Å². The highest BCUT2D eigenvalue weighted by molar-refractivity contribution is 7.72. The summed E-state index contributed by atoms with van der Waals surface area (Å²) in [5.74, 6) is 0. The van der Waals surface area contributed by atoms with E-state index in [9.17, 15) is 4.57 Å². The zero-order chi connectivity index (χ0) is 11.0. The minimum Gasteiger partial charge on any atom is -0.410 e. The van der Waals surface area contributed by atoms with Crippen LogP contribution in [0.5, 0.6) is 0 Å². The van der Waals surface area contributed by atoms with E-state index in [0.29, 0.717) is 6.42 Å². The van der Waals surface area contributed by atoms with Crippen molar-refractivity contribution in [1.29, 1.82) is 0 Å². The summed E-state index contributed by atoms with van der Waals surface area (Å²) in [6, 6.07) is 0. The lowest BCUT2D eigenvalue weighted by atomic mass is 10.2. The van der Waals surface area contributed by atoms with Gasteiger partial charge in [-0.3, -0.25) is 4.57 Å². The zero-order valence-corrected chi connectivity index (χ0v) is 9.79. The Morgan fingerprint density at radius 1 is 1.36 bits per heavy atom. The number of unbranched alkanes of at least 4 members (excludes halogenated alkanes) is 2. The van der Waals surface area contributed by atoms with Crippen molar-refractivity contribution in [2.24, 2.45) is 5.16 Å². The van der Waals surface area contributed by atoms with Gasteiger partial charge in [-0.25, -0.2) is 0 Å². The third-order valence-corrected chi connectivity index (χ3v) is 3.82. The van der Waals surface area contributed by atoms with Gasteiger partial charge in [-0.1, -0.05) is 24.9 Å². The van der Waals surface area contributed by atoms with Crippen LogP contribution in [0.1, 0.15) is 32.6 Å². The Morgan fingerprint density at radius 3 is 2.29 bits per heavy atom. The number of hydrogen-bond donors (Lipinski definition) is 1. The summed E-state index contributed by atoms with van der Waals surface area (Å²) in [6.45, 7) is 2.06. The lowest BCUT2D eigenvalue weighted by Gasteiger charge is -2.14. The van der Waals surface area contributed by atoms with Crippen LogP contribution in [0.15, 0.2) is 5.16 Å². The van der Waals surface area contributed by atoms with E-state index in [-0.39, 0.29) is 5.45 Å². The van der Waals surface area contributed by atoms with Crippen LogP contribution >= 0.6 is 7.60 Å². The van der Waals surface area contributed by atoms with Crippen LogP contribution in [0.4, 0.5) is 0 Å². The summed E-state index contributed by atoms with van der Waals surface area (Å²) in [5, 5.41) is 11.7. The Morgan fingerprint density at radius 2 is 1.93 bits per heavy atom. The van der Waals surface area contributed by atoms with Gasteiger partial charge in [0, 0.05) is 20.6 Å². The Bertz CT molecular complexity index is 221. The van der Waals surface area contributed by atoms with Crippen LogP contribution in [-0.2, 0) is 13.6 Å². The Balaban J connectivity index is 4.33. The average molecular weight is 223 g/mol. The van der Waals surface area contributed by atoms with Crippen LogP contribution in [-0.4, -0.2) is 24.9 Å². The molecule has 0 saturated carbocycles. The molecule has 0 aliphatic heterocycles. The van der Waals surface area contributed by atoms with E-state index in [0.717, 1.165) is 19.3 Å². The summed E-state index contributed by atoms with van der Waals surface area (Å²) < 4.78 is 21.2.